The van der Waals surface area contributed by atoms with Crippen molar-refractivity contribution in [3.05, 3.63) is 35.7 Å². The second kappa shape index (κ2) is 4.77. The normalized spacial score (nSPS) is 14.2. The summed E-state index contributed by atoms with van der Waals surface area (Å²) in [6.45, 7) is 4.11. The van der Waals surface area contributed by atoms with Crippen LogP contribution in [0.15, 0.2) is 30.1 Å². The summed E-state index contributed by atoms with van der Waals surface area (Å²) in [6, 6.07) is 4.20. The molecule has 2 heteroatoms. The molecule has 0 fully saturated rings. The van der Waals surface area contributed by atoms with Crippen LogP contribution >= 0.6 is 0 Å². The van der Waals surface area contributed by atoms with Crippen molar-refractivity contribution in [2.75, 3.05) is 0 Å². The third kappa shape index (κ3) is 3.85. The van der Waals surface area contributed by atoms with Gasteiger partial charge in [-0.25, -0.2) is 0 Å². The van der Waals surface area contributed by atoms with Crippen LogP contribution in [0.4, 0.5) is 0 Å². The zero-order chi connectivity index (χ0) is 9.68. The topological polar surface area (TPSA) is 38.9 Å². The lowest BCUT2D eigenvalue weighted by atomic mass is 10.1. The van der Waals surface area contributed by atoms with Gasteiger partial charge in [0, 0.05) is 18.4 Å². The predicted molar refractivity (Wildman–Crippen MR) is 56.2 cm³/mol. The molecule has 0 aliphatic rings. The van der Waals surface area contributed by atoms with Gasteiger partial charge < -0.3 is 5.73 Å². The Bertz CT molecular complexity index is 275. The van der Waals surface area contributed by atoms with Crippen molar-refractivity contribution in [1.29, 1.82) is 0 Å². The maximum absolute atomic E-state index is 5.69. The van der Waals surface area contributed by atoms with Gasteiger partial charge in [-0.1, -0.05) is 17.7 Å². The van der Waals surface area contributed by atoms with Crippen molar-refractivity contribution in [2.24, 2.45) is 5.73 Å². The van der Waals surface area contributed by atoms with E-state index in [2.05, 4.69) is 18.0 Å². The average molecular weight is 176 g/mol. The molecule has 0 spiro atoms. The zero-order valence-corrected chi connectivity index (χ0v) is 8.20. The van der Waals surface area contributed by atoms with E-state index in [9.17, 15) is 0 Å². The second-order valence-corrected chi connectivity index (χ2v) is 3.46. The molecule has 1 atom stereocenters. The SMILES string of the molecule is C/C(=C/c1cccnc1)CC(C)N. The van der Waals surface area contributed by atoms with E-state index in [0.717, 1.165) is 12.0 Å². The summed E-state index contributed by atoms with van der Waals surface area (Å²) in [5, 5.41) is 0. The Balaban J connectivity index is 2.66. The molecule has 2 nitrogen and oxygen atoms in total. The molecule has 1 unspecified atom stereocenters. The lowest BCUT2D eigenvalue weighted by molar-refractivity contribution is 0.734. The van der Waals surface area contributed by atoms with E-state index >= 15 is 0 Å². The highest BCUT2D eigenvalue weighted by molar-refractivity contribution is 5.50. The fraction of sp³-hybridized carbons (Fsp3) is 0.364. The van der Waals surface area contributed by atoms with Gasteiger partial charge >= 0.3 is 0 Å². The Morgan fingerprint density at radius 2 is 2.46 bits per heavy atom. The highest BCUT2D eigenvalue weighted by Crippen LogP contribution is 2.08. The maximum atomic E-state index is 5.69. The van der Waals surface area contributed by atoms with Crippen LogP contribution in [-0.4, -0.2) is 11.0 Å². The number of nitrogens with zero attached hydrogens (tertiary/aromatic N) is 1. The lowest BCUT2D eigenvalue weighted by Crippen LogP contribution is -2.14. The first-order chi connectivity index (χ1) is 6.18. The van der Waals surface area contributed by atoms with E-state index < -0.39 is 0 Å². The van der Waals surface area contributed by atoms with Crippen LogP contribution in [-0.2, 0) is 0 Å². The smallest absolute Gasteiger partial charge is 0.0340 e. The van der Waals surface area contributed by atoms with Crippen LogP contribution in [0, 0.1) is 0 Å². The van der Waals surface area contributed by atoms with E-state index in [4.69, 9.17) is 5.73 Å². The lowest BCUT2D eigenvalue weighted by Gasteiger charge is -2.04. The minimum absolute atomic E-state index is 0.230. The first-order valence-corrected chi connectivity index (χ1v) is 4.51. The minimum atomic E-state index is 0.230. The van der Waals surface area contributed by atoms with Crippen LogP contribution in [0.1, 0.15) is 25.8 Å². The van der Waals surface area contributed by atoms with Crippen LogP contribution in [0.2, 0.25) is 0 Å². The van der Waals surface area contributed by atoms with Gasteiger partial charge in [0.25, 0.3) is 0 Å². The molecule has 0 saturated carbocycles. The summed E-state index contributed by atoms with van der Waals surface area (Å²) >= 11 is 0. The first-order valence-electron chi connectivity index (χ1n) is 4.51. The van der Waals surface area contributed by atoms with Crippen molar-refractivity contribution in [3.8, 4) is 0 Å². The third-order valence-corrected chi connectivity index (χ3v) is 1.74. The van der Waals surface area contributed by atoms with E-state index in [0.29, 0.717) is 0 Å². The van der Waals surface area contributed by atoms with Crippen LogP contribution in [0.25, 0.3) is 6.08 Å². The van der Waals surface area contributed by atoms with E-state index in [-0.39, 0.29) is 6.04 Å². The molecular weight excluding hydrogens is 160 g/mol. The molecule has 1 aromatic heterocycles. The molecule has 0 aliphatic heterocycles. The van der Waals surface area contributed by atoms with Gasteiger partial charge in [-0.15, -0.1) is 0 Å². The van der Waals surface area contributed by atoms with Gasteiger partial charge in [0.1, 0.15) is 0 Å². The van der Waals surface area contributed by atoms with Crippen molar-refractivity contribution in [1.82, 2.24) is 4.98 Å². The first kappa shape index (κ1) is 9.93. The summed E-state index contributed by atoms with van der Waals surface area (Å²) in [4.78, 5) is 4.04. The average Bonchev–Trinajstić information content (AvgIpc) is 2.04. The van der Waals surface area contributed by atoms with Gasteiger partial charge in [-0.3, -0.25) is 4.98 Å². The van der Waals surface area contributed by atoms with Crippen LogP contribution < -0.4 is 5.73 Å². The quantitative estimate of drug-likeness (QED) is 0.767. The Hall–Kier alpha value is -1.15. The van der Waals surface area contributed by atoms with Gasteiger partial charge in [0.15, 0.2) is 0 Å². The number of pyridine rings is 1. The summed E-state index contributed by atoms with van der Waals surface area (Å²) < 4.78 is 0. The largest absolute Gasteiger partial charge is 0.328 e. The summed E-state index contributed by atoms with van der Waals surface area (Å²) in [5.74, 6) is 0. The van der Waals surface area contributed by atoms with Gasteiger partial charge in [-0.2, -0.15) is 0 Å². The standard InChI is InChI=1S/C11H16N2/c1-9(6-10(2)12)7-11-4-3-5-13-8-11/h3-5,7-8,10H,6,12H2,1-2H3/b9-7-. The van der Waals surface area contributed by atoms with Crippen molar-refractivity contribution in [3.63, 3.8) is 0 Å². The van der Waals surface area contributed by atoms with Gasteiger partial charge in [0.05, 0.1) is 0 Å². The second-order valence-electron chi connectivity index (χ2n) is 3.46. The molecule has 1 aromatic rings. The molecule has 0 saturated heterocycles. The number of hydrogen-bond donors (Lipinski definition) is 1. The molecule has 0 bridgehead atoms. The van der Waals surface area contributed by atoms with Crippen LogP contribution in [0.3, 0.4) is 0 Å². The molecule has 2 N–H and O–H groups in total. The maximum Gasteiger partial charge on any atom is 0.0340 e. The minimum Gasteiger partial charge on any atom is -0.328 e. The number of hydrogen-bond acceptors (Lipinski definition) is 2. The van der Waals surface area contributed by atoms with Gasteiger partial charge in [0.2, 0.25) is 0 Å². The number of rotatable bonds is 3. The highest BCUT2D eigenvalue weighted by atomic mass is 14.6. The molecule has 0 amide bonds. The Kier molecular flexibility index (Phi) is 3.65. The summed E-state index contributed by atoms with van der Waals surface area (Å²) in [7, 11) is 0. The number of aromatic nitrogens is 1. The Morgan fingerprint density at radius 1 is 1.69 bits per heavy atom. The van der Waals surface area contributed by atoms with E-state index in [1.807, 2.05) is 25.3 Å². The van der Waals surface area contributed by atoms with E-state index in [1.165, 1.54) is 5.57 Å². The van der Waals surface area contributed by atoms with Crippen LogP contribution in [0.5, 0.6) is 0 Å². The molecule has 13 heavy (non-hydrogen) atoms. The third-order valence-electron chi connectivity index (χ3n) is 1.74. The van der Waals surface area contributed by atoms with E-state index in [1.54, 1.807) is 6.20 Å². The molecular formula is C11H16N2. The predicted octanol–water partition coefficient (Wildman–Crippen LogP) is 2.22. The summed E-state index contributed by atoms with van der Waals surface area (Å²) in [6.07, 6.45) is 6.69. The van der Waals surface area contributed by atoms with Crippen molar-refractivity contribution < 1.29 is 0 Å². The van der Waals surface area contributed by atoms with Crippen molar-refractivity contribution in [2.45, 2.75) is 26.3 Å². The number of nitrogens with two attached hydrogens (primary N) is 1. The Morgan fingerprint density at radius 3 is 3.00 bits per heavy atom. The van der Waals surface area contributed by atoms with Gasteiger partial charge in [-0.05, 0) is 31.9 Å². The highest BCUT2D eigenvalue weighted by Gasteiger charge is 1.95. The summed E-state index contributed by atoms with van der Waals surface area (Å²) in [5.41, 5.74) is 8.12. The fourth-order valence-electron chi connectivity index (χ4n) is 1.31. The van der Waals surface area contributed by atoms with Crippen molar-refractivity contribution >= 4 is 6.08 Å². The molecule has 0 aliphatic carbocycles. The fourth-order valence-corrected chi connectivity index (χ4v) is 1.31. The molecule has 1 heterocycles. The Labute approximate surface area is 79.5 Å². The molecule has 0 aromatic carbocycles. The molecule has 70 valence electrons. The molecule has 1 rings (SSSR count). The monoisotopic (exact) mass is 176 g/mol. The molecule has 0 radical (unpaired) electrons. The zero-order valence-electron chi connectivity index (χ0n) is 8.20.